The van der Waals surface area contributed by atoms with Gasteiger partial charge in [0.1, 0.15) is 11.6 Å². The Morgan fingerprint density at radius 1 is 1.15 bits per heavy atom. The number of nitrogens with two attached hydrogens (primary N) is 1. The second-order valence-electron chi connectivity index (χ2n) is 4.94. The molecule has 0 aliphatic rings. The molecule has 2 aromatic rings. The fourth-order valence-electron chi connectivity index (χ4n) is 1.83. The van der Waals surface area contributed by atoms with Crippen LogP contribution in [0.15, 0.2) is 41.3 Å². The number of sulfonamides is 1. The molecule has 138 valence electrons. The van der Waals surface area contributed by atoms with E-state index in [1.165, 1.54) is 0 Å². The molecule has 0 saturated carbocycles. The van der Waals surface area contributed by atoms with E-state index in [1.54, 1.807) is 0 Å². The van der Waals surface area contributed by atoms with Gasteiger partial charge in [0.25, 0.3) is 5.91 Å². The molecule has 0 unspecified atom stereocenters. The zero-order valence-electron chi connectivity index (χ0n) is 12.8. The van der Waals surface area contributed by atoms with E-state index in [9.17, 15) is 26.8 Å². The minimum Gasteiger partial charge on any atom is -0.452 e. The Bertz CT molecular complexity index is 982. The highest BCUT2D eigenvalue weighted by atomic mass is 35.5. The number of esters is 1. The van der Waals surface area contributed by atoms with Crippen molar-refractivity contribution in [2.24, 2.45) is 5.14 Å². The fraction of sp³-hybridized carbons (Fsp3) is 0.0667. The molecule has 0 bridgehead atoms. The van der Waals surface area contributed by atoms with E-state index in [2.05, 4.69) is 0 Å². The maximum atomic E-state index is 13.4. The normalized spacial score (nSPS) is 11.1. The summed E-state index contributed by atoms with van der Waals surface area (Å²) in [7, 11) is -4.08. The number of hydrogen-bond acceptors (Lipinski definition) is 5. The van der Waals surface area contributed by atoms with Gasteiger partial charge < -0.3 is 10.1 Å². The zero-order valence-corrected chi connectivity index (χ0v) is 14.4. The first-order valence-electron chi connectivity index (χ1n) is 6.82. The fourth-order valence-corrected chi connectivity index (χ4v) is 2.56. The third-order valence-corrected chi connectivity index (χ3v) is 4.26. The number of rotatable bonds is 5. The number of ether oxygens (including phenoxy) is 1. The number of halogens is 3. The van der Waals surface area contributed by atoms with Gasteiger partial charge in [-0.25, -0.2) is 27.1 Å². The van der Waals surface area contributed by atoms with Crippen molar-refractivity contribution in [2.75, 3.05) is 11.9 Å². The third kappa shape index (κ3) is 4.97. The van der Waals surface area contributed by atoms with Gasteiger partial charge in [0.05, 0.1) is 21.2 Å². The third-order valence-electron chi connectivity index (χ3n) is 3.02. The van der Waals surface area contributed by atoms with Crippen molar-refractivity contribution in [1.29, 1.82) is 0 Å². The van der Waals surface area contributed by atoms with Gasteiger partial charge in [-0.3, -0.25) is 4.79 Å². The number of nitrogens with one attached hydrogen (secondary N) is 1. The quantitative estimate of drug-likeness (QED) is 0.740. The molecule has 3 N–H and O–H groups in total. The highest BCUT2D eigenvalue weighted by Crippen LogP contribution is 2.21. The summed E-state index contributed by atoms with van der Waals surface area (Å²) in [5, 5.41) is 6.86. The molecular formula is C15H11ClF2N2O5S. The van der Waals surface area contributed by atoms with Crippen LogP contribution in [0.4, 0.5) is 14.5 Å². The summed E-state index contributed by atoms with van der Waals surface area (Å²) in [6, 6.07) is 5.54. The maximum absolute atomic E-state index is 13.4. The lowest BCUT2D eigenvalue weighted by Gasteiger charge is -2.09. The van der Waals surface area contributed by atoms with Gasteiger partial charge in [0, 0.05) is 6.07 Å². The van der Waals surface area contributed by atoms with Gasteiger partial charge >= 0.3 is 5.97 Å². The molecule has 0 spiro atoms. The summed E-state index contributed by atoms with van der Waals surface area (Å²) in [5.74, 6) is -3.70. The van der Waals surface area contributed by atoms with E-state index in [-0.39, 0.29) is 15.5 Å². The lowest BCUT2D eigenvalue weighted by atomic mass is 10.2. The van der Waals surface area contributed by atoms with Crippen LogP contribution in [0.2, 0.25) is 5.02 Å². The number of anilines is 1. The summed E-state index contributed by atoms with van der Waals surface area (Å²) in [6.45, 7) is -0.843. The van der Waals surface area contributed by atoms with Gasteiger partial charge in [0.2, 0.25) is 10.0 Å². The topological polar surface area (TPSA) is 116 Å². The number of carbonyl (C=O) groups is 2. The minimum atomic E-state index is -4.08. The SMILES string of the molecule is NS(=O)(=O)c1ccc(Cl)c(C(=O)OCC(=O)Nc2cc(F)ccc2F)c1. The van der Waals surface area contributed by atoms with Crippen LogP contribution in [0.1, 0.15) is 10.4 Å². The molecule has 2 aromatic carbocycles. The summed E-state index contributed by atoms with van der Waals surface area (Å²) in [4.78, 5) is 23.3. The molecule has 26 heavy (non-hydrogen) atoms. The van der Waals surface area contributed by atoms with Crippen molar-refractivity contribution < 1.29 is 31.5 Å². The molecule has 0 atom stereocenters. The molecule has 0 fully saturated rings. The van der Waals surface area contributed by atoms with Crippen molar-refractivity contribution in [2.45, 2.75) is 4.90 Å². The Morgan fingerprint density at radius 2 is 1.85 bits per heavy atom. The van der Waals surface area contributed by atoms with E-state index in [0.717, 1.165) is 36.4 Å². The van der Waals surface area contributed by atoms with Crippen LogP contribution in [0.3, 0.4) is 0 Å². The molecule has 0 heterocycles. The number of amides is 1. The number of primary sulfonamides is 1. The largest absolute Gasteiger partial charge is 0.452 e. The van der Waals surface area contributed by atoms with Crippen molar-refractivity contribution in [3.8, 4) is 0 Å². The van der Waals surface area contributed by atoms with E-state index in [4.69, 9.17) is 21.5 Å². The molecule has 7 nitrogen and oxygen atoms in total. The van der Waals surface area contributed by atoms with E-state index >= 15 is 0 Å². The monoisotopic (exact) mass is 404 g/mol. The first-order valence-corrected chi connectivity index (χ1v) is 8.75. The summed E-state index contributed by atoms with van der Waals surface area (Å²) < 4.78 is 53.8. The van der Waals surface area contributed by atoms with Crippen LogP contribution in [-0.2, 0) is 19.6 Å². The van der Waals surface area contributed by atoms with Gasteiger partial charge in [0.15, 0.2) is 6.61 Å². The second-order valence-corrected chi connectivity index (χ2v) is 6.90. The van der Waals surface area contributed by atoms with Crippen LogP contribution >= 0.6 is 11.6 Å². The highest BCUT2D eigenvalue weighted by molar-refractivity contribution is 7.89. The standard InChI is InChI=1S/C15H11ClF2N2O5S/c16-11-3-2-9(26(19,23)24)6-10(11)15(22)25-7-14(21)20-13-5-8(17)1-4-12(13)18/h1-6H,7H2,(H,20,21)(H2,19,23,24). The van der Waals surface area contributed by atoms with Gasteiger partial charge in [-0.1, -0.05) is 11.6 Å². The van der Waals surface area contributed by atoms with Crippen molar-refractivity contribution in [1.82, 2.24) is 0 Å². The maximum Gasteiger partial charge on any atom is 0.340 e. The van der Waals surface area contributed by atoms with Crippen LogP contribution < -0.4 is 10.5 Å². The Hall–Kier alpha value is -2.56. The summed E-state index contributed by atoms with van der Waals surface area (Å²) in [6.07, 6.45) is 0. The second kappa shape index (κ2) is 7.77. The highest BCUT2D eigenvalue weighted by Gasteiger charge is 2.18. The smallest absolute Gasteiger partial charge is 0.340 e. The first-order chi connectivity index (χ1) is 12.1. The van der Waals surface area contributed by atoms with E-state index in [0.29, 0.717) is 0 Å². The number of hydrogen-bond donors (Lipinski definition) is 2. The summed E-state index contributed by atoms with van der Waals surface area (Å²) in [5.41, 5.74) is -0.761. The van der Waals surface area contributed by atoms with Gasteiger partial charge in [-0.2, -0.15) is 0 Å². The molecule has 0 aromatic heterocycles. The molecule has 0 aliphatic heterocycles. The predicted octanol–water partition coefficient (Wildman–Crippen LogP) is 2.06. The van der Waals surface area contributed by atoms with Crippen LogP contribution in [-0.4, -0.2) is 26.9 Å². The van der Waals surface area contributed by atoms with Crippen LogP contribution in [0.5, 0.6) is 0 Å². The molecule has 0 saturated heterocycles. The van der Waals surface area contributed by atoms with Crippen LogP contribution in [0.25, 0.3) is 0 Å². The Labute approximate surface area is 151 Å². The lowest BCUT2D eigenvalue weighted by molar-refractivity contribution is -0.119. The Balaban J connectivity index is 2.06. The number of benzene rings is 2. The average Bonchev–Trinajstić information content (AvgIpc) is 2.55. The van der Waals surface area contributed by atoms with Crippen LogP contribution in [0, 0.1) is 11.6 Å². The van der Waals surface area contributed by atoms with Gasteiger partial charge in [-0.15, -0.1) is 0 Å². The molecule has 0 radical (unpaired) electrons. The Morgan fingerprint density at radius 3 is 2.50 bits per heavy atom. The summed E-state index contributed by atoms with van der Waals surface area (Å²) >= 11 is 5.80. The minimum absolute atomic E-state index is 0.126. The molecule has 0 aliphatic carbocycles. The van der Waals surface area contributed by atoms with Crippen molar-refractivity contribution >= 4 is 39.2 Å². The predicted molar refractivity (Wildman–Crippen MR) is 88.1 cm³/mol. The molecular weight excluding hydrogens is 394 g/mol. The molecule has 2 rings (SSSR count). The Kier molecular flexibility index (Phi) is 5.90. The van der Waals surface area contributed by atoms with E-state index < -0.39 is 45.8 Å². The first kappa shape index (κ1) is 19.8. The average molecular weight is 405 g/mol. The van der Waals surface area contributed by atoms with Crippen molar-refractivity contribution in [3.05, 3.63) is 58.6 Å². The zero-order chi connectivity index (χ0) is 19.5. The molecule has 11 heteroatoms. The van der Waals surface area contributed by atoms with Crippen molar-refractivity contribution in [3.63, 3.8) is 0 Å². The van der Waals surface area contributed by atoms with Gasteiger partial charge in [-0.05, 0) is 30.3 Å². The van der Waals surface area contributed by atoms with E-state index in [1.807, 2.05) is 5.32 Å². The lowest BCUT2D eigenvalue weighted by Crippen LogP contribution is -2.22. The number of carbonyl (C=O) groups excluding carboxylic acids is 2. The molecule has 1 amide bonds.